The lowest BCUT2D eigenvalue weighted by Gasteiger charge is -2.31. The van der Waals surface area contributed by atoms with Gasteiger partial charge in [-0.15, -0.1) is 0 Å². The molecule has 1 saturated carbocycles. The molecule has 1 aliphatic heterocycles. The second kappa shape index (κ2) is 10.4. The molecule has 1 fully saturated rings. The summed E-state index contributed by atoms with van der Waals surface area (Å²) in [5.41, 5.74) is 0.701. The summed E-state index contributed by atoms with van der Waals surface area (Å²) in [6.07, 6.45) is 7.13. The molecule has 1 amide bonds. The third kappa shape index (κ3) is 5.90. The molecule has 0 spiro atoms. The Labute approximate surface area is 176 Å². The van der Waals surface area contributed by atoms with E-state index < -0.39 is 19.0 Å². The van der Waals surface area contributed by atoms with E-state index in [1.165, 1.54) is 6.07 Å². The molecule has 7 nitrogen and oxygen atoms in total. The third-order valence-corrected chi connectivity index (χ3v) is 6.37. The molecule has 9 heteroatoms. The molecule has 1 aliphatic carbocycles. The lowest BCUT2D eigenvalue weighted by Crippen LogP contribution is -2.53. The van der Waals surface area contributed by atoms with Crippen LogP contribution in [0.5, 0.6) is 5.75 Å². The van der Waals surface area contributed by atoms with Gasteiger partial charge in [0.1, 0.15) is 5.75 Å². The zero-order valence-corrected chi connectivity index (χ0v) is 17.5. The Morgan fingerprint density at radius 1 is 1.28 bits per heavy atom. The summed E-state index contributed by atoms with van der Waals surface area (Å²) >= 11 is 1.84. The van der Waals surface area contributed by atoms with Crippen molar-refractivity contribution in [3.63, 3.8) is 0 Å². The number of fused-ring (bicyclic) bond motifs is 1. The van der Waals surface area contributed by atoms with E-state index in [1.807, 2.05) is 11.8 Å². The van der Waals surface area contributed by atoms with Crippen LogP contribution in [0.15, 0.2) is 18.2 Å². The Bertz CT molecular complexity index is 727. The van der Waals surface area contributed by atoms with Crippen molar-refractivity contribution in [2.75, 3.05) is 18.6 Å². The predicted octanol–water partition coefficient (Wildman–Crippen LogP) is 1.73. The second-order valence-corrected chi connectivity index (χ2v) is 8.84. The lowest BCUT2D eigenvalue weighted by atomic mass is 9.72. The molecule has 0 radical (unpaired) electrons. The summed E-state index contributed by atoms with van der Waals surface area (Å²) in [4.78, 5) is 23.8. The molecular formula is C20H29BN2O5S. The van der Waals surface area contributed by atoms with Crippen molar-refractivity contribution in [3.8, 4) is 5.75 Å². The summed E-state index contributed by atoms with van der Waals surface area (Å²) in [6.45, 7) is 1.03. The van der Waals surface area contributed by atoms with Gasteiger partial charge in [-0.05, 0) is 55.9 Å². The number of para-hydroxylation sites is 1. The number of thioether (sulfide) groups is 1. The van der Waals surface area contributed by atoms with E-state index in [4.69, 9.17) is 4.65 Å². The minimum atomic E-state index is -1.26. The predicted molar refractivity (Wildman–Crippen MR) is 114 cm³/mol. The van der Waals surface area contributed by atoms with Crippen LogP contribution in [0.3, 0.4) is 0 Å². The van der Waals surface area contributed by atoms with Crippen LogP contribution in [-0.4, -0.2) is 59.7 Å². The molecule has 2 aliphatic rings. The monoisotopic (exact) mass is 420 g/mol. The molecule has 0 bridgehead atoms. The molecule has 1 atom stereocenters. The van der Waals surface area contributed by atoms with Gasteiger partial charge in [0.25, 0.3) is 0 Å². The number of carboxylic acid groups (broad SMARTS) is 1. The first kappa shape index (κ1) is 22.0. The summed E-state index contributed by atoms with van der Waals surface area (Å²) in [7, 11) is -1.26. The number of hydrogen-bond acceptors (Lipinski definition) is 6. The molecule has 3 rings (SSSR count). The van der Waals surface area contributed by atoms with E-state index in [9.17, 15) is 19.7 Å². The van der Waals surface area contributed by atoms with Gasteiger partial charge in [-0.1, -0.05) is 12.1 Å². The maximum Gasteiger partial charge on any atom is 0.547 e. The van der Waals surface area contributed by atoms with Crippen molar-refractivity contribution in [3.05, 3.63) is 29.3 Å². The van der Waals surface area contributed by atoms with Gasteiger partial charge in [0.15, 0.2) is 0 Å². The largest absolute Gasteiger partial charge is 0.547 e. The van der Waals surface area contributed by atoms with Crippen LogP contribution in [-0.2, 0) is 11.2 Å². The van der Waals surface area contributed by atoms with Crippen molar-refractivity contribution in [2.24, 2.45) is 5.92 Å². The normalized spacial score (nSPS) is 23.8. The first-order valence-corrected chi connectivity index (χ1v) is 11.6. The van der Waals surface area contributed by atoms with Gasteiger partial charge in [-0.2, -0.15) is 11.8 Å². The van der Waals surface area contributed by atoms with E-state index in [0.29, 0.717) is 30.4 Å². The topological polar surface area (TPSA) is 108 Å². The van der Waals surface area contributed by atoms with Crippen LogP contribution in [0, 0.1) is 5.92 Å². The van der Waals surface area contributed by atoms with Crippen LogP contribution in [0.25, 0.3) is 0 Å². The molecule has 29 heavy (non-hydrogen) atoms. The Hall–Kier alpha value is -1.71. The molecule has 158 valence electrons. The van der Waals surface area contributed by atoms with Crippen molar-refractivity contribution in [1.29, 1.82) is 0 Å². The smallest absolute Gasteiger partial charge is 0.534 e. The van der Waals surface area contributed by atoms with E-state index in [2.05, 4.69) is 16.9 Å². The quantitative estimate of drug-likeness (QED) is 0.375. The Balaban J connectivity index is 1.48. The number of carbonyl (C=O) groups excluding carboxylic acids is 1. The number of carbonyl (C=O) groups is 2. The first-order chi connectivity index (χ1) is 14.0. The fourth-order valence-corrected chi connectivity index (χ4v) is 4.50. The first-order valence-electron chi connectivity index (χ1n) is 10.2. The second-order valence-electron chi connectivity index (χ2n) is 7.85. The van der Waals surface area contributed by atoms with Gasteiger partial charge in [0.05, 0.1) is 11.5 Å². The van der Waals surface area contributed by atoms with E-state index in [0.717, 1.165) is 38.0 Å². The average Bonchev–Trinajstić information content (AvgIpc) is 2.69. The highest BCUT2D eigenvalue weighted by Crippen LogP contribution is 2.31. The zero-order valence-electron chi connectivity index (χ0n) is 16.7. The highest BCUT2D eigenvalue weighted by Gasteiger charge is 2.38. The zero-order chi connectivity index (χ0) is 20.8. The highest BCUT2D eigenvalue weighted by atomic mass is 32.2. The Kier molecular flexibility index (Phi) is 7.86. The molecule has 1 heterocycles. The number of amides is 1. The standard InChI is InChI=1S/C20H29BN2O5S/c1-29-10-9-22-15-7-5-13(6-8-15)11-18(24)23-17-12-14-3-2-4-16(20(25)26)19(14)28-21(17)27/h2-4,13,15,17,22,27H,5-12H2,1H3,(H,23,24)(H,25,26). The van der Waals surface area contributed by atoms with E-state index in [-0.39, 0.29) is 17.2 Å². The fraction of sp³-hybridized carbons (Fsp3) is 0.600. The molecule has 4 N–H and O–H groups in total. The molecule has 0 aromatic heterocycles. The van der Waals surface area contributed by atoms with Gasteiger partial charge < -0.3 is 25.4 Å². The van der Waals surface area contributed by atoms with Crippen LogP contribution < -0.4 is 15.3 Å². The lowest BCUT2D eigenvalue weighted by molar-refractivity contribution is -0.122. The molecule has 1 unspecified atom stereocenters. The van der Waals surface area contributed by atoms with Crippen molar-refractivity contribution < 1.29 is 24.4 Å². The van der Waals surface area contributed by atoms with E-state index >= 15 is 0 Å². The average molecular weight is 420 g/mol. The summed E-state index contributed by atoms with van der Waals surface area (Å²) < 4.78 is 5.44. The van der Waals surface area contributed by atoms with Crippen LogP contribution >= 0.6 is 11.8 Å². The van der Waals surface area contributed by atoms with Crippen LogP contribution in [0.4, 0.5) is 0 Å². The number of aromatic carboxylic acids is 1. The number of hydrogen-bond donors (Lipinski definition) is 4. The number of carboxylic acids is 1. The molecule has 0 saturated heterocycles. The SMILES string of the molecule is CSCCNC1CCC(CC(=O)NC2Cc3cccc(C(=O)O)c3OB2O)CC1. The molecule has 1 aromatic rings. The van der Waals surface area contributed by atoms with Crippen molar-refractivity contribution in [2.45, 2.75) is 50.5 Å². The van der Waals surface area contributed by atoms with Crippen LogP contribution in [0.2, 0.25) is 0 Å². The fourth-order valence-electron chi connectivity index (χ4n) is 4.18. The number of nitrogens with one attached hydrogen (secondary N) is 2. The number of rotatable bonds is 8. The molecular weight excluding hydrogens is 391 g/mol. The van der Waals surface area contributed by atoms with Gasteiger partial charge >= 0.3 is 13.1 Å². The number of benzene rings is 1. The summed E-state index contributed by atoms with van der Waals surface area (Å²) in [5, 5.41) is 26.0. The van der Waals surface area contributed by atoms with Gasteiger partial charge in [0.2, 0.25) is 5.91 Å². The Morgan fingerprint density at radius 3 is 2.72 bits per heavy atom. The summed E-state index contributed by atoms with van der Waals surface area (Å²) in [5.74, 6) is -0.107. The van der Waals surface area contributed by atoms with Crippen LogP contribution in [0.1, 0.15) is 48.0 Å². The van der Waals surface area contributed by atoms with Gasteiger partial charge in [-0.25, -0.2) is 4.79 Å². The minimum Gasteiger partial charge on any atom is -0.534 e. The summed E-state index contributed by atoms with van der Waals surface area (Å²) in [6, 6.07) is 5.40. The van der Waals surface area contributed by atoms with Crippen molar-refractivity contribution in [1.82, 2.24) is 10.6 Å². The van der Waals surface area contributed by atoms with Crippen molar-refractivity contribution >= 4 is 30.8 Å². The Morgan fingerprint density at radius 2 is 2.03 bits per heavy atom. The van der Waals surface area contributed by atoms with E-state index in [1.54, 1.807) is 12.1 Å². The third-order valence-electron chi connectivity index (χ3n) is 5.76. The highest BCUT2D eigenvalue weighted by molar-refractivity contribution is 7.98. The minimum absolute atomic E-state index is 0.0224. The van der Waals surface area contributed by atoms with Gasteiger partial charge in [-0.3, -0.25) is 4.79 Å². The molecule has 1 aromatic carbocycles. The maximum atomic E-state index is 12.5. The maximum absolute atomic E-state index is 12.5. The van der Waals surface area contributed by atoms with Gasteiger partial charge in [0, 0.05) is 24.8 Å².